The standard InChI is InChI=1S/C11H13N3O2/c1-3-16-11(15)8-9(12)6(2)4-7-5-13-14-10(7)8/h4-5H,3,12H2,1-2H3,(H,13,14). The number of nitrogens with two attached hydrogens (primary N) is 1. The van der Waals surface area contributed by atoms with Crippen molar-refractivity contribution in [3.63, 3.8) is 0 Å². The van der Waals surface area contributed by atoms with Crippen LogP contribution in [0.4, 0.5) is 5.69 Å². The third kappa shape index (κ3) is 1.50. The molecule has 0 aliphatic carbocycles. The van der Waals surface area contributed by atoms with Crippen LogP contribution in [0.15, 0.2) is 12.3 Å². The molecule has 0 bridgehead atoms. The van der Waals surface area contributed by atoms with E-state index >= 15 is 0 Å². The van der Waals surface area contributed by atoms with Gasteiger partial charge < -0.3 is 10.5 Å². The minimum absolute atomic E-state index is 0.321. The van der Waals surface area contributed by atoms with Crippen molar-refractivity contribution < 1.29 is 9.53 Å². The van der Waals surface area contributed by atoms with Gasteiger partial charge in [-0.25, -0.2) is 4.79 Å². The summed E-state index contributed by atoms with van der Waals surface area (Å²) in [5, 5.41) is 7.52. The molecule has 0 atom stereocenters. The van der Waals surface area contributed by atoms with Crippen molar-refractivity contribution >= 4 is 22.6 Å². The van der Waals surface area contributed by atoms with E-state index in [1.54, 1.807) is 13.1 Å². The SMILES string of the molecule is CCOC(=O)c1c(N)c(C)cc2cn[nH]c12. The van der Waals surface area contributed by atoms with Crippen molar-refractivity contribution in [1.29, 1.82) is 0 Å². The number of H-pyrrole nitrogens is 1. The van der Waals surface area contributed by atoms with Gasteiger partial charge in [-0.3, -0.25) is 5.10 Å². The molecule has 0 radical (unpaired) electrons. The summed E-state index contributed by atoms with van der Waals surface area (Å²) in [6, 6.07) is 1.89. The molecule has 0 spiro atoms. The first-order chi connectivity index (χ1) is 7.65. The molecular weight excluding hydrogens is 206 g/mol. The molecule has 1 heterocycles. The van der Waals surface area contributed by atoms with Gasteiger partial charge >= 0.3 is 5.97 Å². The summed E-state index contributed by atoms with van der Waals surface area (Å²) in [6.07, 6.45) is 1.66. The Labute approximate surface area is 92.6 Å². The minimum atomic E-state index is -0.419. The second-order valence-electron chi connectivity index (χ2n) is 3.54. The number of nitrogens with one attached hydrogen (secondary N) is 1. The molecular formula is C11H13N3O2. The van der Waals surface area contributed by atoms with Crippen LogP contribution in [0.3, 0.4) is 0 Å². The fraction of sp³-hybridized carbons (Fsp3) is 0.273. The number of ether oxygens (including phenoxy) is 1. The number of carbonyl (C=O) groups excluding carboxylic acids is 1. The zero-order chi connectivity index (χ0) is 11.7. The van der Waals surface area contributed by atoms with Gasteiger partial charge in [0.05, 0.1) is 24.0 Å². The van der Waals surface area contributed by atoms with E-state index in [1.807, 2.05) is 13.0 Å². The van der Waals surface area contributed by atoms with E-state index in [2.05, 4.69) is 10.2 Å². The number of benzene rings is 1. The van der Waals surface area contributed by atoms with Crippen LogP contribution in [0.1, 0.15) is 22.8 Å². The Morgan fingerprint density at radius 1 is 1.62 bits per heavy atom. The molecule has 0 saturated carbocycles. The highest BCUT2D eigenvalue weighted by Gasteiger charge is 2.18. The zero-order valence-electron chi connectivity index (χ0n) is 9.20. The molecule has 0 fully saturated rings. The maximum absolute atomic E-state index is 11.8. The molecule has 16 heavy (non-hydrogen) atoms. The number of carbonyl (C=O) groups is 1. The van der Waals surface area contributed by atoms with Gasteiger partial charge in [-0.15, -0.1) is 0 Å². The smallest absolute Gasteiger partial charge is 0.342 e. The third-order valence-corrected chi connectivity index (χ3v) is 2.46. The molecule has 1 aromatic carbocycles. The molecule has 0 unspecified atom stereocenters. The topological polar surface area (TPSA) is 81.0 Å². The quantitative estimate of drug-likeness (QED) is 0.594. The van der Waals surface area contributed by atoms with Crippen molar-refractivity contribution in [2.75, 3.05) is 12.3 Å². The molecule has 1 aromatic heterocycles. The lowest BCUT2D eigenvalue weighted by Gasteiger charge is -2.08. The summed E-state index contributed by atoms with van der Waals surface area (Å²) < 4.78 is 4.97. The van der Waals surface area contributed by atoms with Gasteiger partial charge in [-0.1, -0.05) is 0 Å². The highest BCUT2D eigenvalue weighted by atomic mass is 16.5. The molecule has 0 saturated heterocycles. The van der Waals surface area contributed by atoms with Crippen LogP contribution >= 0.6 is 0 Å². The lowest BCUT2D eigenvalue weighted by Crippen LogP contribution is -2.10. The third-order valence-electron chi connectivity index (χ3n) is 2.46. The average molecular weight is 219 g/mol. The zero-order valence-corrected chi connectivity index (χ0v) is 9.20. The summed E-state index contributed by atoms with van der Waals surface area (Å²) >= 11 is 0. The van der Waals surface area contributed by atoms with E-state index in [9.17, 15) is 4.79 Å². The van der Waals surface area contributed by atoms with Gasteiger partial charge in [-0.05, 0) is 25.5 Å². The Balaban J connectivity index is 2.69. The summed E-state index contributed by atoms with van der Waals surface area (Å²) in [7, 11) is 0. The summed E-state index contributed by atoms with van der Waals surface area (Å²) in [6.45, 7) is 3.93. The number of fused-ring (bicyclic) bond motifs is 1. The van der Waals surface area contributed by atoms with Gasteiger partial charge in [0.2, 0.25) is 0 Å². The molecule has 5 heteroatoms. The Morgan fingerprint density at radius 2 is 2.38 bits per heavy atom. The second-order valence-corrected chi connectivity index (χ2v) is 3.54. The molecule has 2 rings (SSSR count). The van der Waals surface area contributed by atoms with Crippen LogP contribution in [0.5, 0.6) is 0 Å². The molecule has 84 valence electrons. The minimum Gasteiger partial charge on any atom is -0.462 e. The first-order valence-corrected chi connectivity index (χ1v) is 5.04. The first kappa shape index (κ1) is 10.5. The Hall–Kier alpha value is -2.04. The molecule has 2 aromatic rings. The Bertz CT molecular complexity index is 545. The van der Waals surface area contributed by atoms with Crippen LogP contribution < -0.4 is 5.73 Å². The maximum Gasteiger partial charge on any atom is 0.342 e. The van der Waals surface area contributed by atoms with Crippen LogP contribution in [-0.4, -0.2) is 22.8 Å². The van der Waals surface area contributed by atoms with E-state index in [0.717, 1.165) is 10.9 Å². The van der Waals surface area contributed by atoms with Gasteiger partial charge in [0.1, 0.15) is 5.56 Å². The maximum atomic E-state index is 11.8. The number of hydrogen-bond acceptors (Lipinski definition) is 4. The predicted octanol–water partition coefficient (Wildman–Crippen LogP) is 1.63. The van der Waals surface area contributed by atoms with E-state index < -0.39 is 5.97 Å². The first-order valence-electron chi connectivity index (χ1n) is 5.04. The molecule has 0 aliphatic rings. The van der Waals surface area contributed by atoms with Gasteiger partial charge in [0, 0.05) is 5.39 Å². The largest absolute Gasteiger partial charge is 0.462 e. The number of rotatable bonds is 2. The van der Waals surface area contributed by atoms with Crippen molar-refractivity contribution in [1.82, 2.24) is 10.2 Å². The normalized spacial score (nSPS) is 10.6. The van der Waals surface area contributed by atoms with E-state index in [4.69, 9.17) is 10.5 Å². The number of anilines is 1. The van der Waals surface area contributed by atoms with Crippen molar-refractivity contribution in [2.45, 2.75) is 13.8 Å². The number of nitrogen functional groups attached to an aromatic ring is 1. The van der Waals surface area contributed by atoms with Gasteiger partial charge in [-0.2, -0.15) is 5.10 Å². The number of aromatic amines is 1. The predicted molar refractivity (Wildman–Crippen MR) is 61.2 cm³/mol. The lowest BCUT2D eigenvalue weighted by atomic mass is 10.0. The fourth-order valence-corrected chi connectivity index (χ4v) is 1.66. The number of esters is 1. The molecule has 3 N–H and O–H groups in total. The Kier molecular flexibility index (Phi) is 2.52. The Morgan fingerprint density at radius 3 is 3.06 bits per heavy atom. The average Bonchev–Trinajstić information content (AvgIpc) is 2.67. The van der Waals surface area contributed by atoms with Gasteiger partial charge in [0.15, 0.2) is 0 Å². The van der Waals surface area contributed by atoms with E-state index in [-0.39, 0.29) is 0 Å². The van der Waals surface area contributed by atoms with Crippen LogP contribution in [-0.2, 0) is 4.74 Å². The fourth-order valence-electron chi connectivity index (χ4n) is 1.66. The summed E-state index contributed by atoms with van der Waals surface area (Å²) in [4.78, 5) is 11.8. The van der Waals surface area contributed by atoms with E-state index in [0.29, 0.717) is 23.4 Å². The number of hydrogen-bond donors (Lipinski definition) is 2. The highest BCUT2D eigenvalue weighted by Crippen LogP contribution is 2.26. The van der Waals surface area contributed by atoms with Gasteiger partial charge in [0.25, 0.3) is 0 Å². The number of aromatic nitrogens is 2. The molecule has 0 aliphatic heterocycles. The molecule has 5 nitrogen and oxygen atoms in total. The molecule has 0 amide bonds. The lowest BCUT2D eigenvalue weighted by molar-refractivity contribution is 0.0529. The monoisotopic (exact) mass is 219 g/mol. The number of nitrogens with zero attached hydrogens (tertiary/aromatic N) is 1. The van der Waals surface area contributed by atoms with Crippen LogP contribution in [0.2, 0.25) is 0 Å². The van der Waals surface area contributed by atoms with Crippen molar-refractivity contribution in [2.24, 2.45) is 0 Å². The summed E-state index contributed by atoms with van der Waals surface area (Å²) in [5.74, 6) is -0.419. The van der Waals surface area contributed by atoms with Crippen LogP contribution in [0.25, 0.3) is 10.9 Å². The van der Waals surface area contributed by atoms with Crippen molar-refractivity contribution in [3.05, 3.63) is 23.4 Å². The number of aryl methyl sites for hydroxylation is 1. The van der Waals surface area contributed by atoms with Crippen LogP contribution in [0, 0.1) is 6.92 Å². The second kappa shape index (κ2) is 3.84. The van der Waals surface area contributed by atoms with E-state index in [1.165, 1.54) is 0 Å². The highest BCUT2D eigenvalue weighted by molar-refractivity contribution is 6.08. The summed E-state index contributed by atoms with van der Waals surface area (Å²) in [5.41, 5.74) is 8.17. The van der Waals surface area contributed by atoms with Crippen molar-refractivity contribution in [3.8, 4) is 0 Å².